The molecular weight excluding hydrogens is 1710 g/mol. The first-order valence-electron chi connectivity index (χ1n) is 36.9. The van der Waals surface area contributed by atoms with Crippen molar-refractivity contribution in [3.8, 4) is 57.1 Å². The van der Waals surface area contributed by atoms with Crippen molar-refractivity contribution in [1.82, 2.24) is 47.9 Å². The van der Waals surface area contributed by atoms with E-state index in [1.807, 2.05) is 0 Å². The molecule has 7 aliphatic rings. The molecule has 11 bridgehead atoms. The van der Waals surface area contributed by atoms with Crippen LogP contribution in [0.15, 0.2) is 78.9 Å². The molecule has 2 saturated heterocycles. The van der Waals surface area contributed by atoms with Crippen molar-refractivity contribution in [3.63, 3.8) is 0 Å². The molecule has 25 N–H and O–H groups in total. The minimum Gasteiger partial charge on any atom is -0.508 e. The summed E-state index contributed by atoms with van der Waals surface area (Å²) in [6.45, 7) is 3.76. The van der Waals surface area contributed by atoms with E-state index in [1.165, 1.54) is 26.2 Å². The molecule has 9 amide bonds. The van der Waals surface area contributed by atoms with Crippen LogP contribution in [0.5, 0.6) is 46.0 Å². The van der Waals surface area contributed by atoms with E-state index in [1.54, 1.807) is 13.8 Å². The SMILES string of the molecule is CN[C@H](CC(C)C)C(=O)N[C@H]1C(=O)N[C@@H](CC(N)=O)C(=O)N[C@H]2C(=O)N[C@H]3C(=O)N[C@H](C(=O)N[C@H](C(=O)O)c4cc(O)cc(O)c4-c4cc3ccc4O)[C@H](O)c3ccc(c(Cl)c3)Oc3cc2cc(c3O[C@@H]2O[C@H](CO)[C@@H](O)[C@H](O)[C@H]2O[C@H]2C[C@](C)(NC(=O)OCOC(=O)CCC(=O)NC(P(=O)(O)O)P(=O)(O)O)[C@H](O)[C@H](C)O2)Oc2ccc(cc2Cl)[C@H]1O. The number of aliphatic carboxylic acids is 1. The van der Waals surface area contributed by atoms with E-state index in [2.05, 4.69) is 42.5 Å². The van der Waals surface area contributed by atoms with Crippen molar-refractivity contribution in [1.29, 1.82) is 0 Å². The number of fused-ring (bicyclic) bond motifs is 15. The summed E-state index contributed by atoms with van der Waals surface area (Å²) >= 11 is 14.2. The van der Waals surface area contributed by atoms with E-state index in [0.717, 1.165) is 78.9 Å². The van der Waals surface area contributed by atoms with Gasteiger partial charge >= 0.3 is 33.2 Å². The molecule has 0 spiro atoms. The Morgan fingerprint density at radius 2 is 1.29 bits per heavy atom. The zero-order valence-electron chi connectivity index (χ0n) is 64.5. The lowest BCUT2D eigenvalue weighted by atomic mass is 9.85. The van der Waals surface area contributed by atoms with Crippen LogP contribution in [0, 0.1) is 5.92 Å². The quantitative estimate of drug-likeness (QED) is 0.0222. The number of phenols is 3. The zero-order valence-corrected chi connectivity index (χ0v) is 67.8. The first-order chi connectivity index (χ1) is 57.2. The number of aromatic hydroxyl groups is 3. The summed E-state index contributed by atoms with van der Waals surface area (Å²) in [6, 6.07) is -2.12. The molecule has 0 aliphatic carbocycles. The maximum Gasteiger partial charge on any atom is 0.410 e. The van der Waals surface area contributed by atoms with Gasteiger partial charge in [0.15, 0.2) is 29.9 Å². The van der Waals surface area contributed by atoms with E-state index in [-0.39, 0.29) is 23.5 Å². The number of hydrogen-bond donors (Lipinski definition) is 24. The first kappa shape index (κ1) is 93.6. The van der Waals surface area contributed by atoms with E-state index in [4.69, 9.17) is 66.8 Å². The number of primary amides is 1. The van der Waals surface area contributed by atoms with Gasteiger partial charge in [-0.05, 0) is 110 Å². The van der Waals surface area contributed by atoms with Crippen molar-refractivity contribution in [2.75, 3.05) is 20.4 Å². The molecule has 5 aromatic rings. The summed E-state index contributed by atoms with van der Waals surface area (Å²) in [5, 5.41) is 136. The van der Waals surface area contributed by atoms with Crippen molar-refractivity contribution < 1.29 is 170 Å². The summed E-state index contributed by atoms with van der Waals surface area (Å²) < 4.78 is 71.5. The molecule has 18 atom stereocenters. The van der Waals surface area contributed by atoms with Gasteiger partial charge in [0.2, 0.25) is 71.6 Å². The number of amides is 9. The van der Waals surface area contributed by atoms with Crippen LogP contribution in [-0.4, -0.2) is 241 Å². The normalized spacial score (nSPS) is 26.5. The fourth-order valence-corrected chi connectivity index (χ4v) is 16.5. The van der Waals surface area contributed by atoms with E-state index >= 15 is 14.4 Å². The van der Waals surface area contributed by atoms with E-state index < -0.39 is 318 Å². The number of aliphatic hydroxyl groups excluding tert-OH is 6. The lowest BCUT2D eigenvalue weighted by molar-refractivity contribution is -0.334. The highest BCUT2D eigenvalue weighted by Crippen LogP contribution is 2.58. The highest BCUT2D eigenvalue weighted by atomic mass is 35.5. The van der Waals surface area contributed by atoms with Crippen molar-refractivity contribution in [2.24, 2.45) is 11.7 Å². The average molecular weight is 1800 g/mol. The molecule has 0 unspecified atom stereocenters. The maximum atomic E-state index is 16.2. The molecule has 7 aliphatic heterocycles. The number of ether oxygens (including phenoxy) is 8. The monoisotopic (exact) mass is 1790 g/mol. The third-order valence-corrected chi connectivity index (χ3v) is 23.9. The van der Waals surface area contributed by atoms with Crippen LogP contribution in [-0.2, 0) is 80.8 Å². The van der Waals surface area contributed by atoms with Gasteiger partial charge in [0.1, 0.15) is 95.6 Å². The largest absolute Gasteiger partial charge is 0.508 e. The number of benzene rings is 5. The molecule has 662 valence electrons. The molecule has 0 saturated carbocycles. The van der Waals surface area contributed by atoms with Crippen molar-refractivity contribution in [2.45, 2.75) is 175 Å². The first-order valence-corrected chi connectivity index (χ1v) is 41.0. The summed E-state index contributed by atoms with van der Waals surface area (Å²) in [4.78, 5) is 193. The molecule has 7 heterocycles. The fraction of sp³-hybridized carbons (Fsp3) is 0.438. The average Bonchev–Trinajstić information content (AvgIpc) is 0.794. The predicted molar refractivity (Wildman–Crippen MR) is 411 cm³/mol. The molecule has 2 fully saturated rings. The van der Waals surface area contributed by atoms with Gasteiger partial charge in [-0.1, -0.05) is 55.2 Å². The van der Waals surface area contributed by atoms with Crippen LogP contribution in [0.2, 0.25) is 10.0 Å². The van der Waals surface area contributed by atoms with Crippen LogP contribution in [0.1, 0.15) is 118 Å². The highest BCUT2D eigenvalue weighted by molar-refractivity contribution is 7.70. The number of alkyl carbamates (subject to hydrolysis) is 1. The van der Waals surface area contributed by atoms with Crippen LogP contribution in [0.25, 0.3) is 11.1 Å². The number of esters is 1. The Morgan fingerprint density at radius 1 is 0.689 bits per heavy atom. The van der Waals surface area contributed by atoms with Gasteiger partial charge in [-0.3, -0.25) is 52.3 Å². The Labute approximate surface area is 699 Å². The topological polar surface area (TPSA) is 713 Å². The number of rotatable bonds is 22. The lowest BCUT2D eigenvalue weighted by Crippen LogP contribution is -2.66. The second kappa shape index (κ2) is 38.4. The smallest absolute Gasteiger partial charge is 0.410 e. The second-order valence-corrected chi connectivity index (χ2v) is 34.0. The number of likely N-dealkylation sites (N-methyl/N-ethyl adjacent to an activating group) is 1. The van der Waals surface area contributed by atoms with E-state index in [0.29, 0.717) is 0 Å². The third kappa shape index (κ3) is 21.7. The molecule has 49 heteroatoms. The second-order valence-electron chi connectivity index (χ2n) is 29.4. The van der Waals surface area contributed by atoms with E-state index in [9.17, 15) is 118 Å². The lowest BCUT2D eigenvalue weighted by Gasteiger charge is -2.48. The highest BCUT2D eigenvalue weighted by Gasteiger charge is 2.53. The Hall–Kier alpha value is -10.6. The Kier molecular flexibility index (Phi) is 29.5. The van der Waals surface area contributed by atoms with Gasteiger partial charge in [0.25, 0.3) is 0 Å². The number of aliphatic hydroxyl groups is 6. The van der Waals surface area contributed by atoms with Gasteiger partial charge in [0.05, 0.1) is 47.2 Å². The number of phenolic OH excluding ortho intramolecular Hbond substituents is 3. The molecule has 0 radical (unpaired) electrons. The minimum absolute atomic E-state index is 0.153. The number of halogens is 2. The number of nitrogens with one attached hydrogen (secondary N) is 9. The molecule has 12 rings (SSSR count). The summed E-state index contributed by atoms with van der Waals surface area (Å²) in [6.07, 6.45) is -24.9. The maximum absolute atomic E-state index is 16.2. The molecular formula is C73H86Cl2N10O35P2. The summed E-state index contributed by atoms with van der Waals surface area (Å²) in [7, 11) is -9.82. The van der Waals surface area contributed by atoms with Crippen LogP contribution in [0.4, 0.5) is 4.79 Å². The molecule has 122 heavy (non-hydrogen) atoms. The summed E-state index contributed by atoms with van der Waals surface area (Å²) in [5.41, 5.74) is -2.49. The Bertz CT molecular complexity index is 4980. The van der Waals surface area contributed by atoms with Crippen molar-refractivity contribution >= 4 is 104 Å². The van der Waals surface area contributed by atoms with Gasteiger partial charge in [-0.15, -0.1) is 0 Å². The number of carboxylic acid groups (broad SMARTS) is 1. The van der Waals surface area contributed by atoms with Gasteiger partial charge in [0, 0.05) is 35.6 Å². The van der Waals surface area contributed by atoms with Crippen LogP contribution in [0.3, 0.4) is 0 Å². The van der Waals surface area contributed by atoms with Gasteiger partial charge < -0.3 is 162 Å². The summed E-state index contributed by atoms with van der Waals surface area (Å²) in [5.74, 6) is -20.1. The predicted octanol–water partition coefficient (Wildman–Crippen LogP) is -1.09. The number of hydrogen-bond acceptors (Lipinski definition) is 31. The Morgan fingerprint density at radius 3 is 1.87 bits per heavy atom. The number of carbonyl (C=O) groups is 11. The third-order valence-electron chi connectivity index (χ3n) is 20.0. The molecule has 0 aromatic heterocycles. The van der Waals surface area contributed by atoms with Gasteiger partial charge in [-0.2, -0.15) is 0 Å². The molecule has 45 nitrogen and oxygen atoms in total. The molecule has 5 aromatic carbocycles. The van der Waals surface area contributed by atoms with Gasteiger partial charge in [-0.25, -0.2) is 9.59 Å². The number of carboxylic acids is 1. The van der Waals surface area contributed by atoms with Crippen molar-refractivity contribution in [3.05, 3.63) is 117 Å². The van der Waals surface area contributed by atoms with Crippen LogP contribution >= 0.6 is 38.4 Å². The zero-order chi connectivity index (χ0) is 89.8. The van der Waals surface area contributed by atoms with Crippen LogP contribution < -0.4 is 67.8 Å². The number of nitrogens with two attached hydrogens (primary N) is 1. The number of carbonyl (C=O) groups excluding carboxylic acids is 10. The fourth-order valence-electron chi connectivity index (χ4n) is 13.9. The Balaban J connectivity index is 1.12. The minimum atomic E-state index is -5.63. The standard InChI is InChI=1S/C73H86Cl2N10O35P2/c1-26(2)14-37(77-5)63(98)83-54-56(93)29-7-10-41(35(74)16-29)116-43-18-31-19-44(60(43)120-70-61(59(96)58(95)45(24-86)118-70)119-49-23-73(4,62(97)27(3)115-49)85-71(106)114-25-113-48(92)13-12-47(91)79-72(121(107,108)109)122(110,111)112)117-42-11-8-30(17-36(42)75)57(94)55-68(103)82-53(69(104)105)34-20-32(87)21-40(89)50(34)33-15-28(6-9-39(33)88)51(65(100)84-55)81-66(101)52(31)80-64(99)38(22-46(76)90)78-67(54)102/h6-11,15-21,26-27,37-38,45,49,51-59,61-62,70,72,77,86-89,93-97H,12-14,22-25H2,1-5H3,(H2,76,90)(H,78,102)(H,79,91)(H,80,99)(H,81,101)(H,82,103)(H,83,98)(H,84,100)(H,85,106)(H,104,105)(H2,107,108,109)(H2,110,111,112)/t27-,37+,38-,45+,49-,51+,52+,53-,54+,55-,56+,57+,58+,59-,61+,62+,70-,73-/m0/s1.